The van der Waals surface area contributed by atoms with Gasteiger partial charge in [-0.2, -0.15) is 13.2 Å². The van der Waals surface area contributed by atoms with Crippen LogP contribution in [-0.2, 0) is 6.18 Å². The van der Waals surface area contributed by atoms with E-state index >= 15 is 0 Å². The SMILES string of the molecule is OC(c1ccccc1C(F)(F)F)c1cccc(Br)c1Cl. The zero-order chi connectivity index (χ0) is 14.9. The number of hydrogen-bond acceptors (Lipinski definition) is 1. The summed E-state index contributed by atoms with van der Waals surface area (Å²) in [4.78, 5) is 0. The van der Waals surface area contributed by atoms with Crippen molar-refractivity contribution in [3.8, 4) is 0 Å². The van der Waals surface area contributed by atoms with Gasteiger partial charge in [0.05, 0.1) is 10.6 Å². The van der Waals surface area contributed by atoms with Crippen LogP contribution >= 0.6 is 27.5 Å². The fourth-order valence-corrected chi connectivity index (χ4v) is 2.50. The zero-order valence-corrected chi connectivity index (χ0v) is 12.3. The highest BCUT2D eigenvalue weighted by Gasteiger charge is 2.35. The third-order valence-electron chi connectivity index (χ3n) is 2.84. The molecule has 1 atom stereocenters. The molecule has 0 radical (unpaired) electrons. The van der Waals surface area contributed by atoms with E-state index in [1.807, 2.05) is 0 Å². The van der Waals surface area contributed by atoms with Gasteiger partial charge in [-0.3, -0.25) is 0 Å². The molecular weight excluding hydrogens is 357 g/mol. The molecule has 0 aromatic heterocycles. The minimum atomic E-state index is -4.53. The zero-order valence-electron chi connectivity index (χ0n) is 9.96. The van der Waals surface area contributed by atoms with Crippen LogP contribution in [0, 0.1) is 0 Å². The van der Waals surface area contributed by atoms with E-state index in [2.05, 4.69) is 15.9 Å². The molecule has 0 aliphatic rings. The topological polar surface area (TPSA) is 20.2 Å². The molecule has 0 saturated carbocycles. The quantitative estimate of drug-likeness (QED) is 0.775. The molecule has 0 aliphatic heterocycles. The van der Waals surface area contributed by atoms with Crippen molar-refractivity contribution in [1.29, 1.82) is 0 Å². The lowest BCUT2D eigenvalue weighted by Crippen LogP contribution is -2.12. The van der Waals surface area contributed by atoms with Gasteiger partial charge in [-0.1, -0.05) is 41.9 Å². The van der Waals surface area contributed by atoms with Crippen LogP contribution in [0.3, 0.4) is 0 Å². The molecule has 1 nitrogen and oxygen atoms in total. The summed E-state index contributed by atoms with van der Waals surface area (Å²) in [5, 5.41) is 10.4. The first kappa shape index (κ1) is 15.4. The van der Waals surface area contributed by atoms with Crippen LogP contribution in [-0.4, -0.2) is 5.11 Å². The van der Waals surface area contributed by atoms with Gasteiger partial charge in [-0.25, -0.2) is 0 Å². The Morgan fingerprint density at radius 2 is 1.60 bits per heavy atom. The second-order valence-electron chi connectivity index (χ2n) is 4.13. The van der Waals surface area contributed by atoms with Gasteiger partial charge in [0.25, 0.3) is 0 Å². The Morgan fingerprint density at radius 3 is 2.25 bits per heavy atom. The smallest absolute Gasteiger partial charge is 0.384 e. The van der Waals surface area contributed by atoms with Crippen LogP contribution in [0.1, 0.15) is 22.8 Å². The maximum Gasteiger partial charge on any atom is 0.416 e. The van der Waals surface area contributed by atoms with Crippen LogP contribution in [0.15, 0.2) is 46.9 Å². The first-order valence-electron chi connectivity index (χ1n) is 5.60. The summed E-state index contributed by atoms with van der Waals surface area (Å²) >= 11 is 9.20. The van der Waals surface area contributed by atoms with Crippen LogP contribution in [0.25, 0.3) is 0 Å². The van der Waals surface area contributed by atoms with Gasteiger partial charge in [-0.05, 0) is 33.6 Å². The van der Waals surface area contributed by atoms with Crippen LogP contribution in [0.5, 0.6) is 0 Å². The van der Waals surface area contributed by atoms with E-state index in [9.17, 15) is 18.3 Å². The molecular formula is C14H9BrClF3O. The molecule has 106 valence electrons. The molecule has 1 unspecified atom stereocenters. The van der Waals surface area contributed by atoms with E-state index in [0.717, 1.165) is 6.07 Å². The Labute approximate surface area is 127 Å². The third kappa shape index (κ3) is 3.00. The van der Waals surface area contributed by atoms with Crippen molar-refractivity contribution in [3.63, 3.8) is 0 Å². The fourth-order valence-electron chi connectivity index (χ4n) is 1.89. The lowest BCUT2D eigenvalue weighted by Gasteiger charge is -2.19. The molecule has 0 saturated heterocycles. The molecule has 0 aliphatic carbocycles. The minimum Gasteiger partial charge on any atom is -0.384 e. The van der Waals surface area contributed by atoms with Crippen LogP contribution in [0.2, 0.25) is 5.02 Å². The first-order valence-corrected chi connectivity index (χ1v) is 6.77. The number of aliphatic hydroxyl groups excluding tert-OH is 1. The predicted molar refractivity (Wildman–Crippen MR) is 74.7 cm³/mol. The van der Waals surface area contributed by atoms with E-state index < -0.39 is 17.8 Å². The average molecular weight is 366 g/mol. The number of halogens is 5. The summed E-state index contributed by atoms with van der Waals surface area (Å²) in [6.07, 6.45) is -5.98. The van der Waals surface area contributed by atoms with Crippen molar-refractivity contribution >= 4 is 27.5 Å². The number of rotatable bonds is 2. The van der Waals surface area contributed by atoms with Crippen molar-refractivity contribution in [2.24, 2.45) is 0 Å². The lowest BCUT2D eigenvalue weighted by atomic mass is 9.96. The van der Waals surface area contributed by atoms with Crippen molar-refractivity contribution in [2.45, 2.75) is 12.3 Å². The highest BCUT2D eigenvalue weighted by molar-refractivity contribution is 9.10. The first-order chi connectivity index (χ1) is 9.32. The number of benzene rings is 2. The maximum atomic E-state index is 13.0. The van der Waals surface area contributed by atoms with Gasteiger partial charge in [0.1, 0.15) is 6.10 Å². The molecule has 0 spiro atoms. The van der Waals surface area contributed by atoms with E-state index in [4.69, 9.17) is 11.6 Å². The molecule has 2 aromatic carbocycles. The number of alkyl halides is 3. The molecule has 6 heteroatoms. The van der Waals surface area contributed by atoms with E-state index in [-0.39, 0.29) is 16.1 Å². The number of aliphatic hydroxyl groups is 1. The van der Waals surface area contributed by atoms with Gasteiger partial charge in [0, 0.05) is 10.0 Å². The summed E-state index contributed by atoms with van der Waals surface area (Å²) in [7, 11) is 0. The number of hydrogen-bond donors (Lipinski definition) is 1. The maximum absolute atomic E-state index is 13.0. The van der Waals surface area contributed by atoms with E-state index in [0.29, 0.717) is 4.47 Å². The fraction of sp³-hybridized carbons (Fsp3) is 0.143. The van der Waals surface area contributed by atoms with Crippen LogP contribution in [0.4, 0.5) is 13.2 Å². The van der Waals surface area contributed by atoms with Gasteiger partial charge >= 0.3 is 6.18 Å². The standard InChI is InChI=1S/C14H9BrClF3O/c15-11-7-3-5-9(12(11)16)13(20)8-4-1-2-6-10(8)14(17,18)19/h1-7,13,20H. The largest absolute Gasteiger partial charge is 0.416 e. The average Bonchev–Trinajstić information content (AvgIpc) is 2.40. The van der Waals surface area contributed by atoms with Crippen molar-refractivity contribution in [3.05, 3.63) is 68.7 Å². The van der Waals surface area contributed by atoms with Gasteiger partial charge in [0.2, 0.25) is 0 Å². The Balaban J connectivity index is 2.55. The van der Waals surface area contributed by atoms with Crippen molar-refractivity contribution < 1.29 is 18.3 Å². The van der Waals surface area contributed by atoms with Crippen molar-refractivity contribution in [2.75, 3.05) is 0 Å². The van der Waals surface area contributed by atoms with Gasteiger partial charge < -0.3 is 5.11 Å². The van der Waals surface area contributed by atoms with Crippen LogP contribution < -0.4 is 0 Å². The summed E-state index contributed by atoms with van der Waals surface area (Å²) in [6.45, 7) is 0. The Morgan fingerprint density at radius 1 is 1.00 bits per heavy atom. The molecule has 0 heterocycles. The Kier molecular flexibility index (Phi) is 4.42. The highest BCUT2D eigenvalue weighted by atomic mass is 79.9. The van der Waals surface area contributed by atoms with Gasteiger partial charge in [-0.15, -0.1) is 0 Å². The second kappa shape index (κ2) is 5.76. The normalized spacial score (nSPS) is 13.3. The second-order valence-corrected chi connectivity index (χ2v) is 5.36. The molecule has 2 aromatic rings. The molecule has 2 rings (SSSR count). The summed E-state index contributed by atoms with van der Waals surface area (Å²) in [5.41, 5.74) is -0.874. The lowest BCUT2D eigenvalue weighted by molar-refractivity contribution is -0.139. The van der Waals surface area contributed by atoms with E-state index in [1.165, 1.54) is 24.3 Å². The van der Waals surface area contributed by atoms with Crippen molar-refractivity contribution in [1.82, 2.24) is 0 Å². The Bertz CT molecular complexity index is 628. The summed E-state index contributed by atoms with van der Waals surface area (Å²) in [5.74, 6) is 0. The monoisotopic (exact) mass is 364 g/mol. The molecule has 0 bridgehead atoms. The van der Waals surface area contributed by atoms with E-state index in [1.54, 1.807) is 12.1 Å². The predicted octanol–water partition coefficient (Wildman–Crippen LogP) is 5.20. The summed E-state index contributed by atoms with van der Waals surface area (Å²) in [6, 6.07) is 9.64. The Hall–Kier alpha value is -1.04. The molecule has 20 heavy (non-hydrogen) atoms. The molecule has 0 fully saturated rings. The van der Waals surface area contributed by atoms with Gasteiger partial charge in [0.15, 0.2) is 0 Å². The summed E-state index contributed by atoms with van der Waals surface area (Å²) < 4.78 is 39.4. The molecule has 0 amide bonds. The highest BCUT2D eigenvalue weighted by Crippen LogP contribution is 2.39. The third-order valence-corrected chi connectivity index (χ3v) is 4.15. The minimum absolute atomic E-state index is 0.192. The molecule has 1 N–H and O–H groups in total.